The van der Waals surface area contributed by atoms with Crippen LogP contribution < -0.4 is 9.80 Å². The average molecular weight is 365 g/mol. The highest BCUT2D eigenvalue weighted by atomic mass is 35.5. The molecule has 2 aromatic rings. The molecule has 124 valence electrons. The second-order valence-corrected chi connectivity index (χ2v) is 6.61. The van der Waals surface area contributed by atoms with E-state index in [-0.39, 0.29) is 22.3 Å². The number of carbonyl (C=O) groups excluding carboxylic acids is 1. The molecule has 0 atom stereocenters. The van der Waals surface area contributed by atoms with Gasteiger partial charge in [-0.3, -0.25) is 4.79 Å². The lowest BCUT2D eigenvalue weighted by atomic mass is 10.2. The van der Waals surface area contributed by atoms with Crippen LogP contribution in [0.15, 0.2) is 12.1 Å². The van der Waals surface area contributed by atoms with Crippen molar-refractivity contribution in [1.29, 1.82) is 0 Å². The highest BCUT2D eigenvalue weighted by Crippen LogP contribution is 2.45. The van der Waals surface area contributed by atoms with Crippen LogP contribution in [0.4, 0.5) is 17.3 Å². The molecule has 2 aliphatic rings. The Morgan fingerprint density at radius 3 is 2.42 bits per heavy atom. The van der Waals surface area contributed by atoms with Gasteiger partial charge in [0.05, 0.1) is 11.3 Å². The van der Waals surface area contributed by atoms with Crippen molar-refractivity contribution >= 4 is 46.4 Å². The highest BCUT2D eigenvalue weighted by molar-refractivity contribution is 6.30. The predicted molar refractivity (Wildman–Crippen MR) is 91.2 cm³/mol. The van der Waals surface area contributed by atoms with E-state index in [0.717, 1.165) is 19.3 Å². The summed E-state index contributed by atoms with van der Waals surface area (Å²) in [4.78, 5) is 16.7. The first-order valence-corrected chi connectivity index (χ1v) is 8.53. The Bertz CT molecular complexity index is 826. The molecule has 1 aliphatic carbocycles. The van der Waals surface area contributed by atoms with E-state index in [9.17, 15) is 4.79 Å². The number of carbonyl (C=O) groups is 1. The van der Waals surface area contributed by atoms with Crippen LogP contribution in [0.25, 0.3) is 0 Å². The Labute approximate surface area is 148 Å². The zero-order valence-corrected chi connectivity index (χ0v) is 14.4. The second-order valence-electron chi connectivity index (χ2n) is 5.84. The summed E-state index contributed by atoms with van der Waals surface area (Å²) in [5.74, 6) is 0.875. The van der Waals surface area contributed by atoms with Crippen LogP contribution in [0, 0.1) is 0 Å². The van der Waals surface area contributed by atoms with Gasteiger partial charge in [0.25, 0.3) is 5.91 Å². The van der Waals surface area contributed by atoms with Gasteiger partial charge in [-0.25, -0.2) is 0 Å². The quantitative estimate of drug-likeness (QED) is 0.831. The van der Waals surface area contributed by atoms with E-state index in [1.807, 2.05) is 11.8 Å². The average Bonchev–Trinajstić information content (AvgIpc) is 3.39. The third kappa shape index (κ3) is 2.48. The van der Waals surface area contributed by atoms with Gasteiger partial charge in [-0.1, -0.05) is 30.1 Å². The topological polar surface area (TPSA) is 75.1 Å². The number of halogens is 2. The van der Waals surface area contributed by atoms with Crippen LogP contribution in [0.5, 0.6) is 0 Å². The molecular formula is C15H14Cl2N6O. The number of fused-ring (bicyclic) bond motifs is 2. The van der Waals surface area contributed by atoms with Crippen LogP contribution in [0.2, 0.25) is 10.3 Å². The first kappa shape index (κ1) is 15.5. The number of hydrogen-bond donors (Lipinski definition) is 0. The van der Waals surface area contributed by atoms with E-state index < -0.39 is 0 Å². The molecule has 24 heavy (non-hydrogen) atoms. The van der Waals surface area contributed by atoms with Gasteiger partial charge in [0.2, 0.25) is 0 Å². The molecule has 0 bridgehead atoms. The van der Waals surface area contributed by atoms with Crippen molar-refractivity contribution in [1.82, 2.24) is 20.4 Å². The molecule has 1 aliphatic heterocycles. The molecule has 0 spiro atoms. The Morgan fingerprint density at radius 2 is 1.75 bits per heavy atom. The maximum Gasteiger partial charge on any atom is 0.262 e. The molecule has 0 N–H and O–H groups in total. The molecule has 0 aromatic carbocycles. The fraction of sp³-hybridized carbons (Fsp3) is 0.400. The van der Waals surface area contributed by atoms with Crippen LogP contribution in [-0.2, 0) is 0 Å². The number of rotatable bonds is 3. The van der Waals surface area contributed by atoms with Crippen molar-refractivity contribution in [2.75, 3.05) is 16.3 Å². The van der Waals surface area contributed by atoms with Crippen molar-refractivity contribution in [2.45, 2.75) is 32.2 Å². The minimum absolute atomic E-state index is 0.183. The summed E-state index contributed by atoms with van der Waals surface area (Å²) in [5.41, 5.74) is 1.06. The molecule has 0 saturated heterocycles. The third-order valence-electron chi connectivity index (χ3n) is 4.05. The van der Waals surface area contributed by atoms with E-state index in [2.05, 4.69) is 20.4 Å². The molecule has 1 saturated carbocycles. The van der Waals surface area contributed by atoms with Crippen molar-refractivity contribution in [3.8, 4) is 0 Å². The first-order valence-electron chi connectivity index (χ1n) is 7.77. The Morgan fingerprint density at radius 1 is 1.08 bits per heavy atom. The second kappa shape index (κ2) is 5.82. The van der Waals surface area contributed by atoms with Crippen LogP contribution in [0.1, 0.15) is 36.5 Å². The molecule has 9 heteroatoms. The number of hydrogen-bond acceptors (Lipinski definition) is 6. The van der Waals surface area contributed by atoms with E-state index in [0.29, 0.717) is 29.4 Å². The summed E-state index contributed by atoms with van der Waals surface area (Å²) in [6.45, 7) is 2.54. The van der Waals surface area contributed by atoms with E-state index in [1.165, 1.54) is 0 Å². The van der Waals surface area contributed by atoms with E-state index >= 15 is 0 Å². The summed E-state index contributed by atoms with van der Waals surface area (Å²) >= 11 is 12.0. The predicted octanol–water partition coefficient (Wildman–Crippen LogP) is 3.24. The summed E-state index contributed by atoms with van der Waals surface area (Å²) in [6.07, 6.45) is 2.78. The lowest BCUT2D eigenvalue weighted by Crippen LogP contribution is -2.31. The van der Waals surface area contributed by atoms with Gasteiger partial charge in [0.1, 0.15) is 0 Å². The number of anilines is 3. The summed E-state index contributed by atoms with van der Waals surface area (Å²) in [5, 5.41) is 16.8. The zero-order valence-electron chi connectivity index (χ0n) is 12.9. The lowest BCUT2D eigenvalue weighted by Gasteiger charge is -2.24. The Balaban J connectivity index is 1.99. The smallest absolute Gasteiger partial charge is 0.262 e. The molecule has 1 amide bonds. The molecule has 0 unspecified atom stereocenters. The molecule has 3 heterocycles. The minimum atomic E-state index is -0.183. The SMILES string of the molecule is CCCN1C(=O)c2cc(Cl)nnc2N(C2CC2)c2nnc(Cl)cc21. The van der Waals surface area contributed by atoms with Gasteiger partial charge in [-0.2, -0.15) is 0 Å². The molecular weight excluding hydrogens is 351 g/mol. The monoisotopic (exact) mass is 364 g/mol. The fourth-order valence-corrected chi connectivity index (χ4v) is 3.19. The van der Waals surface area contributed by atoms with E-state index in [4.69, 9.17) is 23.2 Å². The lowest BCUT2D eigenvalue weighted by molar-refractivity contribution is 0.0988. The van der Waals surface area contributed by atoms with Gasteiger partial charge in [0.15, 0.2) is 21.9 Å². The van der Waals surface area contributed by atoms with Gasteiger partial charge < -0.3 is 9.80 Å². The number of aromatic nitrogens is 4. The third-order valence-corrected chi connectivity index (χ3v) is 4.42. The summed E-state index contributed by atoms with van der Waals surface area (Å²) in [7, 11) is 0. The Hall–Kier alpha value is -1.99. The molecule has 7 nitrogen and oxygen atoms in total. The van der Waals surface area contributed by atoms with Crippen molar-refractivity contribution in [2.24, 2.45) is 0 Å². The summed E-state index contributed by atoms with van der Waals surface area (Å²) < 4.78 is 0. The highest BCUT2D eigenvalue weighted by Gasteiger charge is 2.41. The van der Waals surface area contributed by atoms with Crippen molar-refractivity contribution in [3.63, 3.8) is 0 Å². The van der Waals surface area contributed by atoms with Crippen LogP contribution in [-0.4, -0.2) is 38.9 Å². The van der Waals surface area contributed by atoms with Crippen LogP contribution >= 0.6 is 23.2 Å². The van der Waals surface area contributed by atoms with Gasteiger partial charge >= 0.3 is 0 Å². The molecule has 1 fully saturated rings. The van der Waals surface area contributed by atoms with Gasteiger partial charge in [0, 0.05) is 18.7 Å². The standard InChI is InChI=1S/C15H14Cl2N6O/c1-2-5-22-10-7-12(17)19-21-14(10)23(8-3-4-8)13-9(15(22)24)6-11(16)18-20-13/h6-8H,2-5H2,1H3. The number of amides is 1. The maximum atomic E-state index is 13.1. The Kier molecular flexibility index (Phi) is 3.77. The molecule has 2 aromatic heterocycles. The normalized spacial score (nSPS) is 16.7. The van der Waals surface area contributed by atoms with E-state index in [1.54, 1.807) is 17.0 Å². The fourth-order valence-electron chi connectivity index (χ4n) is 2.90. The van der Waals surface area contributed by atoms with Gasteiger partial charge in [-0.15, -0.1) is 20.4 Å². The maximum absolute atomic E-state index is 13.1. The van der Waals surface area contributed by atoms with Crippen molar-refractivity contribution < 1.29 is 4.79 Å². The van der Waals surface area contributed by atoms with Crippen LogP contribution in [0.3, 0.4) is 0 Å². The first-order chi connectivity index (χ1) is 11.6. The molecule has 0 radical (unpaired) electrons. The number of nitrogens with zero attached hydrogens (tertiary/aromatic N) is 6. The zero-order chi connectivity index (χ0) is 16.8. The summed E-state index contributed by atoms with van der Waals surface area (Å²) in [6, 6.07) is 3.46. The largest absolute Gasteiger partial charge is 0.305 e. The van der Waals surface area contributed by atoms with Crippen molar-refractivity contribution in [3.05, 3.63) is 28.0 Å². The van der Waals surface area contributed by atoms with Gasteiger partial charge in [-0.05, 0) is 25.3 Å². The minimum Gasteiger partial charge on any atom is -0.305 e. The molecule has 4 rings (SSSR count).